The van der Waals surface area contributed by atoms with Gasteiger partial charge in [-0.05, 0) is 38.9 Å². The lowest BCUT2D eigenvalue weighted by molar-refractivity contribution is -0.135. The molecule has 1 saturated heterocycles. The molecule has 1 amide bonds. The molecule has 1 aromatic carbocycles. The van der Waals surface area contributed by atoms with Gasteiger partial charge in [-0.25, -0.2) is 8.42 Å². The number of aryl methyl sites for hydroxylation is 1. The summed E-state index contributed by atoms with van der Waals surface area (Å²) in [6.45, 7) is 4.00. The summed E-state index contributed by atoms with van der Waals surface area (Å²) in [5, 5.41) is 3.02. The number of hydrogen-bond acceptors (Lipinski definition) is 4. The average molecular weight is 390 g/mol. The van der Waals surface area contributed by atoms with Gasteiger partial charge in [0.2, 0.25) is 15.9 Å². The van der Waals surface area contributed by atoms with E-state index in [-0.39, 0.29) is 30.8 Å². The number of halogens is 1. The molecule has 0 aliphatic carbocycles. The van der Waals surface area contributed by atoms with E-state index in [1.807, 2.05) is 14.0 Å². The van der Waals surface area contributed by atoms with Crippen molar-refractivity contribution in [1.82, 2.24) is 14.5 Å². The Labute approximate surface area is 157 Å². The number of nitrogens with one attached hydrogen (secondary N) is 1. The Hall–Kier alpha value is -1.15. The summed E-state index contributed by atoms with van der Waals surface area (Å²) in [5.74, 6) is -0.241. The van der Waals surface area contributed by atoms with Crippen molar-refractivity contribution < 1.29 is 13.2 Å². The van der Waals surface area contributed by atoms with Gasteiger partial charge in [0.15, 0.2) is 0 Å². The van der Waals surface area contributed by atoms with Gasteiger partial charge in [0.25, 0.3) is 0 Å². The van der Waals surface area contributed by atoms with Gasteiger partial charge in [-0.1, -0.05) is 17.7 Å². The number of piperidine rings is 1. The highest BCUT2D eigenvalue weighted by Gasteiger charge is 2.34. The maximum Gasteiger partial charge on any atom is 0.243 e. The molecule has 1 aliphatic rings. The molecule has 1 heterocycles. The van der Waals surface area contributed by atoms with Gasteiger partial charge in [0, 0.05) is 33.2 Å². The molecule has 6 nitrogen and oxygen atoms in total. The molecule has 1 unspecified atom stereocenters. The largest absolute Gasteiger partial charge is 0.344 e. The molecular weight excluding hydrogens is 362 g/mol. The lowest BCUT2D eigenvalue weighted by Gasteiger charge is -2.33. The molecule has 1 aromatic rings. The Morgan fingerprint density at radius 3 is 2.56 bits per heavy atom. The molecule has 1 atom stereocenters. The molecule has 8 heteroatoms. The molecule has 25 heavy (non-hydrogen) atoms. The Bertz CT molecular complexity index is 664. The smallest absolute Gasteiger partial charge is 0.243 e. The number of likely N-dealkylation sites (N-methyl/N-ethyl adjacent to an activating group) is 2. The number of benzene rings is 1. The number of carbonyl (C=O) groups is 1. The van der Waals surface area contributed by atoms with E-state index in [2.05, 4.69) is 5.32 Å². The van der Waals surface area contributed by atoms with E-state index < -0.39 is 10.0 Å². The van der Waals surface area contributed by atoms with Crippen molar-refractivity contribution >= 4 is 28.3 Å². The van der Waals surface area contributed by atoms with Crippen molar-refractivity contribution in [3.63, 3.8) is 0 Å². The summed E-state index contributed by atoms with van der Waals surface area (Å²) >= 11 is 0. The van der Waals surface area contributed by atoms with Crippen LogP contribution in [0.4, 0.5) is 0 Å². The average Bonchev–Trinajstić information content (AvgIpc) is 2.59. The molecule has 2 rings (SSSR count). The highest BCUT2D eigenvalue weighted by atomic mass is 35.5. The summed E-state index contributed by atoms with van der Waals surface area (Å²) in [6, 6.07) is 6.86. The fraction of sp³-hybridized carbons (Fsp3) is 0.588. The van der Waals surface area contributed by atoms with Gasteiger partial charge in [-0.15, -0.1) is 12.4 Å². The van der Waals surface area contributed by atoms with Crippen LogP contribution < -0.4 is 5.32 Å². The Morgan fingerprint density at radius 1 is 1.32 bits per heavy atom. The first-order chi connectivity index (χ1) is 11.4. The summed E-state index contributed by atoms with van der Waals surface area (Å²) in [6.07, 6.45) is 1.45. The Balaban J connectivity index is 0.00000312. The van der Waals surface area contributed by atoms with Crippen LogP contribution in [0.25, 0.3) is 0 Å². The maximum atomic E-state index is 12.8. The van der Waals surface area contributed by atoms with Crippen molar-refractivity contribution in [2.45, 2.75) is 24.7 Å². The lowest BCUT2D eigenvalue weighted by atomic mass is 9.98. The predicted molar refractivity (Wildman–Crippen MR) is 101 cm³/mol. The fourth-order valence-electron chi connectivity index (χ4n) is 2.92. The first-order valence-corrected chi connectivity index (χ1v) is 9.76. The molecule has 1 aliphatic heterocycles. The summed E-state index contributed by atoms with van der Waals surface area (Å²) < 4.78 is 27.1. The molecule has 1 N–H and O–H groups in total. The van der Waals surface area contributed by atoms with Crippen LogP contribution in [-0.2, 0) is 14.8 Å². The molecule has 0 bridgehead atoms. The minimum Gasteiger partial charge on any atom is -0.344 e. The van der Waals surface area contributed by atoms with E-state index in [0.717, 1.165) is 18.5 Å². The highest BCUT2D eigenvalue weighted by molar-refractivity contribution is 7.89. The minimum absolute atomic E-state index is 0. The number of sulfonamides is 1. The third kappa shape index (κ3) is 5.41. The van der Waals surface area contributed by atoms with Crippen LogP contribution in [0.1, 0.15) is 18.4 Å². The van der Waals surface area contributed by atoms with Crippen molar-refractivity contribution in [3.05, 3.63) is 29.8 Å². The monoisotopic (exact) mass is 389 g/mol. The number of hydrogen-bond donors (Lipinski definition) is 1. The second kappa shape index (κ2) is 9.52. The quantitative estimate of drug-likeness (QED) is 0.800. The molecule has 0 radical (unpaired) electrons. The van der Waals surface area contributed by atoms with Gasteiger partial charge in [0.05, 0.1) is 10.8 Å². The van der Waals surface area contributed by atoms with Crippen LogP contribution in [0, 0.1) is 12.8 Å². The zero-order valence-electron chi connectivity index (χ0n) is 15.1. The van der Waals surface area contributed by atoms with E-state index in [4.69, 9.17) is 0 Å². The predicted octanol–water partition coefficient (Wildman–Crippen LogP) is 1.50. The summed E-state index contributed by atoms with van der Waals surface area (Å²) in [5.41, 5.74) is 1.02. The van der Waals surface area contributed by atoms with Crippen LogP contribution in [0.3, 0.4) is 0 Å². The molecule has 0 spiro atoms. The first-order valence-electron chi connectivity index (χ1n) is 8.32. The van der Waals surface area contributed by atoms with E-state index in [9.17, 15) is 13.2 Å². The van der Waals surface area contributed by atoms with Gasteiger partial charge in [-0.3, -0.25) is 4.79 Å². The van der Waals surface area contributed by atoms with Gasteiger partial charge < -0.3 is 10.2 Å². The second-order valence-electron chi connectivity index (χ2n) is 6.38. The van der Waals surface area contributed by atoms with E-state index in [0.29, 0.717) is 24.4 Å². The zero-order chi connectivity index (χ0) is 17.7. The topological polar surface area (TPSA) is 69.7 Å². The van der Waals surface area contributed by atoms with E-state index >= 15 is 0 Å². The molecular formula is C17H28ClN3O3S. The van der Waals surface area contributed by atoms with E-state index in [1.165, 1.54) is 4.31 Å². The first kappa shape index (κ1) is 21.9. The van der Waals surface area contributed by atoms with Gasteiger partial charge in [-0.2, -0.15) is 4.31 Å². The molecule has 0 saturated carbocycles. The standard InChI is InChI=1S/C17H27N3O3S.ClH/c1-14-6-8-16(9-7-14)24(22,23)20-11-4-5-15(13-20)17(21)19(3)12-10-18-2;/h6-9,15,18H,4-5,10-13H2,1-3H3;1H. The second-order valence-corrected chi connectivity index (χ2v) is 8.32. The highest BCUT2D eigenvalue weighted by Crippen LogP contribution is 2.25. The van der Waals surface area contributed by atoms with Crippen molar-refractivity contribution in [3.8, 4) is 0 Å². The third-order valence-electron chi connectivity index (χ3n) is 4.47. The number of rotatable bonds is 6. The van der Waals surface area contributed by atoms with Gasteiger partial charge >= 0.3 is 0 Å². The minimum atomic E-state index is -3.54. The molecule has 1 fully saturated rings. The summed E-state index contributed by atoms with van der Waals surface area (Å²) in [4.78, 5) is 14.5. The van der Waals surface area contributed by atoms with Crippen molar-refractivity contribution in [1.29, 1.82) is 0 Å². The van der Waals surface area contributed by atoms with E-state index in [1.54, 1.807) is 36.2 Å². The van der Waals surface area contributed by atoms with Crippen LogP contribution in [-0.4, -0.2) is 63.8 Å². The van der Waals surface area contributed by atoms with Crippen LogP contribution in [0.2, 0.25) is 0 Å². The Morgan fingerprint density at radius 2 is 1.96 bits per heavy atom. The normalized spacial score (nSPS) is 18.4. The molecule has 0 aromatic heterocycles. The number of amides is 1. The lowest BCUT2D eigenvalue weighted by Crippen LogP contribution is -2.46. The maximum absolute atomic E-state index is 12.8. The zero-order valence-corrected chi connectivity index (χ0v) is 16.7. The number of carbonyl (C=O) groups excluding carboxylic acids is 1. The summed E-state index contributed by atoms with van der Waals surface area (Å²) in [7, 11) is 0.0754. The SMILES string of the molecule is CNCCN(C)C(=O)C1CCCN(S(=O)(=O)c2ccc(C)cc2)C1.Cl. The third-order valence-corrected chi connectivity index (χ3v) is 6.34. The van der Waals surface area contributed by atoms with Crippen LogP contribution in [0.5, 0.6) is 0 Å². The Kier molecular flexibility index (Phi) is 8.34. The van der Waals surface area contributed by atoms with Gasteiger partial charge in [0.1, 0.15) is 0 Å². The fourth-order valence-corrected chi connectivity index (χ4v) is 4.45. The van der Waals surface area contributed by atoms with Crippen molar-refractivity contribution in [2.24, 2.45) is 5.92 Å². The van der Waals surface area contributed by atoms with Crippen LogP contribution in [0.15, 0.2) is 29.2 Å². The number of nitrogens with zero attached hydrogens (tertiary/aromatic N) is 2. The van der Waals surface area contributed by atoms with Crippen LogP contribution >= 0.6 is 12.4 Å². The van der Waals surface area contributed by atoms with Crippen molar-refractivity contribution in [2.75, 3.05) is 40.3 Å². The molecule has 142 valence electrons.